The summed E-state index contributed by atoms with van der Waals surface area (Å²) in [7, 11) is 0. The van der Waals surface area contributed by atoms with Crippen molar-refractivity contribution in [3.05, 3.63) is 54.1 Å². The van der Waals surface area contributed by atoms with Crippen LogP contribution in [0.1, 0.15) is 11.3 Å². The Bertz CT molecular complexity index is 699. The number of furan rings is 1. The Balaban J connectivity index is 1.44. The molecular weight excluding hydrogens is 349 g/mol. The summed E-state index contributed by atoms with van der Waals surface area (Å²) in [5.41, 5.74) is -0.798. The number of rotatable bonds is 6. The van der Waals surface area contributed by atoms with Crippen molar-refractivity contribution in [3.63, 3.8) is 0 Å². The fourth-order valence-corrected chi connectivity index (χ4v) is 2.56. The van der Waals surface area contributed by atoms with Gasteiger partial charge in [-0.25, -0.2) is 4.98 Å². The zero-order valence-electron chi connectivity index (χ0n) is 14.0. The van der Waals surface area contributed by atoms with Crippen LogP contribution in [0.15, 0.2) is 47.2 Å². The van der Waals surface area contributed by atoms with Gasteiger partial charge in [-0.2, -0.15) is 13.2 Å². The van der Waals surface area contributed by atoms with Gasteiger partial charge in [-0.15, -0.1) is 0 Å². The van der Waals surface area contributed by atoms with Crippen LogP contribution in [-0.4, -0.2) is 48.8 Å². The van der Waals surface area contributed by atoms with Crippen molar-refractivity contribution in [1.29, 1.82) is 0 Å². The van der Waals surface area contributed by atoms with Crippen LogP contribution in [0.5, 0.6) is 5.88 Å². The Hall–Kier alpha value is -2.32. The van der Waals surface area contributed by atoms with Crippen molar-refractivity contribution >= 4 is 6.08 Å². The van der Waals surface area contributed by atoms with E-state index < -0.39 is 11.7 Å². The number of halogens is 3. The minimum atomic E-state index is -4.40. The molecule has 1 atom stereocenters. The maximum Gasteiger partial charge on any atom is 0.417 e. The van der Waals surface area contributed by atoms with Gasteiger partial charge >= 0.3 is 6.18 Å². The van der Waals surface area contributed by atoms with Crippen molar-refractivity contribution in [2.24, 2.45) is 0 Å². The molecule has 8 heteroatoms. The third-order valence-electron chi connectivity index (χ3n) is 3.89. The molecule has 140 valence electrons. The molecule has 5 nitrogen and oxygen atoms in total. The predicted octanol–water partition coefficient (Wildman–Crippen LogP) is 3.49. The predicted molar refractivity (Wildman–Crippen MR) is 88.7 cm³/mol. The SMILES string of the molecule is FC(F)(F)c1ccc(OCC2CN(C/C=C\c3ccco3)CCO2)nc1. The summed E-state index contributed by atoms with van der Waals surface area (Å²) in [4.78, 5) is 5.90. The van der Waals surface area contributed by atoms with Crippen LogP contribution < -0.4 is 4.74 Å². The van der Waals surface area contributed by atoms with Crippen LogP contribution in [-0.2, 0) is 10.9 Å². The molecule has 0 N–H and O–H groups in total. The van der Waals surface area contributed by atoms with Crippen LogP contribution in [0.3, 0.4) is 0 Å². The maximum absolute atomic E-state index is 12.5. The second kappa shape index (κ2) is 8.37. The van der Waals surface area contributed by atoms with Gasteiger partial charge in [-0.3, -0.25) is 4.90 Å². The molecule has 2 aromatic heterocycles. The first-order chi connectivity index (χ1) is 12.5. The molecule has 0 bridgehead atoms. The fourth-order valence-electron chi connectivity index (χ4n) is 2.56. The van der Waals surface area contributed by atoms with Crippen LogP contribution in [0, 0.1) is 0 Å². The van der Waals surface area contributed by atoms with Crippen LogP contribution >= 0.6 is 0 Å². The molecule has 1 aliphatic heterocycles. The van der Waals surface area contributed by atoms with Gasteiger partial charge in [0, 0.05) is 31.9 Å². The number of nitrogens with zero attached hydrogens (tertiary/aromatic N) is 2. The van der Waals surface area contributed by atoms with E-state index in [0.717, 1.165) is 31.1 Å². The van der Waals surface area contributed by atoms with E-state index in [-0.39, 0.29) is 18.6 Å². The molecule has 26 heavy (non-hydrogen) atoms. The Labute approximate surface area is 149 Å². The number of hydrogen-bond donors (Lipinski definition) is 0. The summed E-state index contributed by atoms with van der Waals surface area (Å²) in [6.07, 6.45) is 1.75. The second-order valence-electron chi connectivity index (χ2n) is 5.86. The lowest BCUT2D eigenvalue weighted by Crippen LogP contribution is -2.44. The van der Waals surface area contributed by atoms with Crippen molar-refractivity contribution in [1.82, 2.24) is 9.88 Å². The summed E-state index contributed by atoms with van der Waals surface area (Å²) < 4.78 is 53.9. The average Bonchev–Trinajstić information content (AvgIpc) is 3.13. The Morgan fingerprint density at radius 2 is 2.19 bits per heavy atom. The van der Waals surface area contributed by atoms with Crippen molar-refractivity contribution in [3.8, 4) is 5.88 Å². The first kappa shape index (κ1) is 18.5. The number of ether oxygens (including phenoxy) is 2. The van der Waals surface area contributed by atoms with E-state index in [1.54, 1.807) is 6.26 Å². The zero-order valence-corrected chi connectivity index (χ0v) is 14.0. The summed E-state index contributed by atoms with van der Waals surface area (Å²) in [5.74, 6) is 0.947. The van der Waals surface area contributed by atoms with E-state index in [0.29, 0.717) is 13.2 Å². The highest BCUT2D eigenvalue weighted by Crippen LogP contribution is 2.29. The lowest BCUT2D eigenvalue weighted by Gasteiger charge is -2.31. The minimum absolute atomic E-state index is 0.149. The van der Waals surface area contributed by atoms with Crippen LogP contribution in [0.4, 0.5) is 13.2 Å². The Kier molecular flexibility index (Phi) is 5.95. The van der Waals surface area contributed by atoms with Crippen molar-refractivity contribution in [2.75, 3.05) is 32.8 Å². The Morgan fingerprint density at radius 1 is 1.31 bits per heavy atom. The molecule has 0 spiro atoms. The first-order valence-corrected chi connectivity index (χ1v) is 8.21. The van der Waals surface area contributed by atoms with Gasteiger partial charge in [0.15, 0.2) is 0 Å². The number of pyridine rings is 1. The van der Waals surface area contributed by atoms with Gasteiger partial charge in [0.05, 0.1) is 18.4 Å². The average molecular weight is 368 g/mol. The minimum Gasteiger partial charge on any atom is -0.475 e. The number of morpholine rings is 1. The van der Waals surface area contributed by atoms with Crippen LogP contribution in [0.2, 0.25) is 0 Å². The number of alkyl halides is 3. The first-order valence-electron chi connectivity index (χ1n) is 8.21. The smallest absolute Gasteiger partial charge is 0.417 e. The lowest BCUT2D eigenvalue weighted by atomic mass is 10.2. The van der Waals surface area contributed by atoms with Gasteiger partial charge in [0.1, 0.15) is 18.5 Å². The molecular formula is C18H19F3N2O3. The van der Waals surface area contributed by atoms with Crippen molar-refractivity contribution < 1.29 is 27.1 Å². The monoisotopic (exact) mass is 368 g/mol. The molecule has 1 unspecified atom stereocenters. The van der Waals surface area contributed by atoms with E-state index in [4.69, 9.17) is 13.9 Å². The van der Waals surface area contributed by atoms with Gasteiger partial charge in [-0.05, 0) is 24.3 Å². The molecule has 1 saturated heterocycles. The Morgan fingerprint density at radius 3 is 2.88 bits per heavy atom. The molecule has 2 aromatic rings. The molecule has 0 amide bonds. The standard InChI is InChI=1S/C18H19F3N2O3/c19-18(20,21)14-5-6-17(22-11-14)26-13-16-12-23(8-10-25-16)7-1-3-15-4-2-9-24-15/h1-6,9,11,16H,7-8,10,12-13H2/b3-1-. The van der Waals surface area contributed by atoms with Crippen molar-refractivity contribution in [2.45, 2.75) is 12.3 Å². The van der Waals surface area contributed by atoms with Gasteiger partial charge < -0.3 is 13.9 Å². The summed E-state index contributed by atoms with van der Waals surface area (Å²) in [6.45, 7) is 3.03. The highest BCUT2D eigenvalue weighted by atomic mass is 19.4. The molecule has 0 aliphatic carbocycles. The van der Waals surface area contributed by atoms with E-state index in [2.05, 4.69) is 9.88 Å². The molecule has 0 aromatic carbocycles. The van der Waals surface area contributed by atoms with Gasteiger partial charge in [0.25, 0.3) is 0 Å². The quantitative estimate of drug-likeness (QED) is 0.781. The molecule has 3 rings (SSSR count). The van der Waals surface area contributed by atoms with E-state index >= 15 is 0 Å². The van der Waals surface area contributed by atoms with E-state index in [1.165, 1.54) is 6.07 Å². The maximum atomic E-state index is 12.5. The summed E-state index contributed by atoms with van der Waals surface area (Å²) in [5, 5.41) is 0. The number of hydrogen-bond acceptors (Lipinski definition) is 5. The molecule has 1 fully saturated rings. The lowest BCUT2D eigenvalue weighted by molar-refractivity contribution is -0.137. The zero-order chi connectivity index (χ0) is 18.4. The van der Waals surface area contributed by atoms with E-state index in [9.17, 15) is 13.2 Å². The van der Waals surface area contributed by atoms with E-state index in [1.807, 2.05) is 24.3 Å². The number of aromatic nitrogens is 1. The molecule has 0 saturated carbocycles. The molecule has 3 heterocycles. The summed E-state index contributed by atoms with van der Waals surface area (Å²) >= 11 is 0. The largest absolute Gasteiger partial charge is 0.475 e. The highest BCUT2D eigenvalue weighted by Gasteiger charge is 2.30. The topological polar surface area (TPSA) is 47.7 Å². The fraction of sp³-hybridized carbons (Fsp3) is 0.389. The normalized spacial score (nSPS) is 19.1. The summed E-state index contributed by atoms with van der Waals surface area (Å²) in [6, 6.07) is 5.88. The van der Waals surface area contributed by atoms with Gasteiger partial charge in [-0.1, -0.05) is 6.08 Å². The second-order valence-corrected chi connectivity index (χ2v) is 5.86. The van der Waals surface area contributed by atoms with Crippen LogP contribution in [0.25, 0.3) is 6.08 Å². The third kappa shape index (κ3) is 5.34. The third-order valence-corrected chi connectivity index (χ3v) is 3.89. The molecule has 0 radical (unpaired) electrons. The molecule has 1 aliphatic rings. The highest BCUT2D eigenvalue weighted by molar-refractivity contribution is 5.42. The van der Waals surface area contributed by atoms with Gasteiger partial charge in [0.2, 0.25) is 5.88 Å².